The molecule has 1 aromatic heterocycles. The zero-order valence-electron chi connectivity index (χ0n) is 11.3. The van der Waals surface area contributed by atoms with Crippen molar-refractivity contribution in [1.82, 2.24) is 4.90 Å². The van der Waals surface area contributed by atoms with Gasteiger partial charge in [0, 0.05) is 6.54 Å². The average Bonchev–Trinajstić information content (AvgIpc) is 2.97. The normalized spacial score (nSPS) is 12.8. The molecule has 3 heteroatoms. The highest BCUT2D eigenvalue weighted by molar-refractivity contribution is 5.17. The standard InChI is InChI=1S/C16H21NO2/c1-2-17(13-15-9-6-12-19-15)11-10-16(18)14-7-4-3-5-8-14/h3-9,12,16,18H,2,10-11,13H2,1H3. The van der Waals surface area contributed by atoms with E-state index in [0.717, 1.165) is 37.4 Å². The van der Waals surface area contributed by atoms with Gasteiger partial charge in [0.2, 0.25) is 0 Å². The summed E-state index contributed by atoms with van der Waals surface area (Å²) in [6.07, 6.45) is 2.03. The summed E-state index contributed by atoms with van der Waals surface area (Å²) in [5, 5.41) is 10.1. The zero-order valence-corrected chi connectivity index (χ0v) is 11.3. The number of aliphatic hydroxyl groups excluding tert-OH is 1. The maximum absolute atomic E-state index is 10.1. The van der Waals surface area contributed by atoms with Crippen LogP contribution in [0.4, 0.5) is 0 Å². The second kappa shape index (κ2) is 7.12. The maximum atomic E-state index is 10.1. The largest absolute Gasteiger partial charge is 0.468 e. The van der Waals surface area contributed by atoms with Crippen LogP contribution in [0.1, 0.15) is 30.8 Å². The summed E-state index contributed by atoms with van der Waals surface area (Å²) >= 11 is 0. The fraction of sp³-hybridized carbons (Fsp3) is 0.375. The molecule has 102 valence electrons. The van der Waals surface area contributed by atoms with Gasteiger partial charge in [-0.2, -0.15) is 0 Å². The van der Waals surface area contributed by atoms with Crippen molar-refractivity contribution in [3.8, 4) is 0 Å². The van der Waals surface area contributed by atoms with E-state index in [2.05, 4.69) is 11.8 Å². The van der Waals surface area contributed by atoms with Crippen molar-refractivity contribution in [3.05, 3.63) is 60.1 Å². The van der Waals surface area contributed by atoms with E-state index in [0.29, 0.717) is 0 Å². The van der Waals surface area contributed by atoms with E-state index in [4.69, 9.17) is 4.42 Å². The molecule has 0 aliphatic rings. The summed E-state index contributed by atoms with van der Waals surface area (Å²) in [4.78, 5) is 2.27. The summed E-state index contributed by atoms with van der Waals surface area (Å²) in [7, 11) is 0. The molecule has 0 saturated heterocycles. The fourth-order valence-electron chi connectivity index (χ4n) is 2.12. The van der Waals surface area contributed by atoms with Crippen LogP contribution in [0.15, 0.2) is 53.1 Å². The molecule has 19 heavy (non-hydrogen) atoms. The molecule has 1 heterocycles. The Bertz CT molecular complexity index is 453. The first kappa shape index (κ1) is 13.8. The highest BCUT2D eigenvalue weighted by atomic mass is 16.3. The number of hydrogen-bond donors (Lipinski definition) is 1. The van der Waals surface area contributed by atoms with Gasteiger partial charge in [-0.15, -0.1) is 0 Å². The highest BCUT2D eigenvalue weighted by Gasteiger charge is 2.11. The number of hydrogen-bond acceptors (Lipinski definition) is 3. The molecule has 3 nitrogen and oxygen atoms in total. The Balaban J connectivity index is 1.83. The maximum Gasteiger partial charge on any atom is 0.117 e. The van der Waals surface area contributed by atoms with Gasteiger partial charge in [0.15, 0.2) is 0 Å². The lowest BCUT2D eigenvalue weighted by atomic mass is 10.1. The van der Waals surface area contributed by atoms with Crippen LogP contribution in [0.5, 0.6) is 0 Å². The third kappa shape index (κ3) is 4.23. The zero-order chi connectivity index (χ0) is 13.5. The lowest BCUT2D eigenvalue weighted by Crippen LogP contribution is -2.25. The Morgan fingerprint density at radius 1 is 1.16 bits per heavy atom. The quantitative estimate of drug-likeness (QED) is 0.829. The molecule has 2 rings (SSSR count). The van der Waals surface area contributed by atoms with Crippen LogP contribution in [-0.2, 0) is 6.54 Å². The second-order valence-electron chi connectivity index (χ2n) is 4.66. The molecular formula is C16H21NO2. The van der Waals surface area contributed by atoms with E-state index < -0.39 is 6.10 Å². The predicted molar refractivity (Wildman–Crippen MR) is 75.7 cm³/mol. The summed E-state index contributed by atoms with van der Waals surface area (Å²) in [6.45, 7) is 4.72. The molecule has 1 N–H and O–H groups in total. The van der Waals surface area contributed by atoms with Crippen molar-refractivity contribution < 1.29 is 9.52 Å². The molecule has 0 radical (unpaired) electrons. The average molecular weight is 259 g/mol. The molecule has 0 fully saturated rings. The topological polar surface area (TPSA) is 36.6 Å². The van der Waals surface area contributed by atoms with Gasteiger partial charge in [0.1, 0.15) is 5.76 Å². The minimum absolute atomic E-state index is 0.396. The van der Waals surface area contributed by atoms with Crippen LogP contribution in [0, 0.1) is 0 Å². The van der Waals surface area contributed by atoms with Gasteiger partial charge in [-0.05, 0) is 30.7 Å². The molecule has 1 atom stereocenters. The van der Waals surface area contributed by atoms with Gasteiger partial charge in [-0.1, -0.05) is 37.3 Å². The van der Waals surface area contributed by atoms with Crippen molar-refractivity contribution in [3.63, 3.8) is 0 Å². The number of furan rings is 1. The van der Waals surface area contributed by atoms with Gasteiger partial charge in [-0.25, -0.2) is 0 Å². The first-order valence-electron chi connectivity index (χ1n) is 6.77. The first-order chi connectivity index (χ1) is 9.29. The van der Waals surface area contributed by atoms with E-state index in [1.807, 2.05) is 42.5 Å². The predicted octanol–water partition coefficient (Wildman–Crippen LogP) is 3.23. The molecule has 0 spiro atoms. The van der Waals surface area contributed by atoms with E-state index >= 15 is 0 Å². The minimum Gasteiger partial charge on any atom is -0.468 e. The Kier molecular flexibility index (Phi) is 5.19. The number of rotatable bonds is 7. The van der Waals surface area contributed by atoms with Crippen molar-refractivity contribution in [1.29, 1.82) is 0 Å². The number of benzene rings is 1. The summed E-state index contributed by atoms with van der Waals surface area (Å²) in [5.74, 6) is 0.969. The summed E-state index contributed by atoms with van der Waals surface area (Å²) in [5.41, 5.74) is 0.983. The molecule has 1 unspecified atom stereocenters. The van der Waals surface area contributed by atoms with E-state index in [1.165, 1.54) is 0 Å². The van der Waals surface area contributed by atoms with Crippen LogP contribution in [0.2, 0.25) is 0 Å². The van der Waals surface area contributed by atoms with Gasteiger partial charge in [-0.3, -0.25) is 4.90 Å². The van der Waals surface area contributed by atoms with E-state index in [-0.39, 0.29) is 0 Å². The monoisotopic (exact) mass is 259 g/mol. The van der Waals surface area contributed by atoms with Gasteiger partial charge >= 0.3 is 0 Å². The second-order valence-corrected chi connectivity index (χ2v) is 4.66. The Morgan fingerprint density at radius 2 is 1.95 bits per heavy atom. The van der Waals surface area contributed by atoms with Crippen molar-refractivity contribution in [2.75, 3.05) is 13.1 Å². The third-order valence-corrected chi connectivity index (χ3v) is 3.31. The molecule has 0 amide bonds. The molecule has 0 bridgehead atoms. The third-order valence-electron chi connectivity index (χ3n) is 3.31. The number of aliphatic hydroxyl groups is 1. The lowest BCUT2D eigenvalue weighted by molar-refractivity contribution is 0.138. The Hall–Kier alpha value is -1.58. The van der Waals surface area contributed by atoms with Crippen LogP contribution in [0.3, 0.4) is 0 Å². The minimum atomic E-state index is -0.396. The van der Waals surface area contributed by atoms with E-state index in [9.17, 15) is 5.11 Å². The van der Waals surface area contributed by atoms with Crippen LogP contribution < -0.4 is 0 Å². The van der Waals surface area contributed by atoms with Gasteiger partial charge in [0.25, 0.3) is 0 Å². The first-order valence-corrected chi connectivity index (χ1v) is 6.77. The number of nitrogens with zero attached hydrogens (tertiary/aromatic N) is 1. The smallest absolute Gasteiger partial charge is 0.117 e. The van der Waals surface area contributed by atoms with Gasteiger partial charge < -0.3 is 9.52 Å². The van der Waals surface area contributed by atoms with Crippen LogP contribution in [-0.4, -0.2) is 23.1 Å². The Morgan fingerprint density at radius 3 is 2.58 bits per heavy atom. The SMILES string of the molecule is CCN(CCC(O)c1ccccc1)Cc1ccco1. The molecule has 0 aliphatic heterocycles. The molecule has 0 saturated carbocycles. The van der Waals surface area contributed by atoms with Crippen molar-refractivity contribution in [2.45, 2.75) is 26.0 Å². The Labute approximate surface area is 114 Å². The fourth-order valence-corrected chi connectivity index (χ4v) is 2.12. The van der Waals surface area contributed by atoms with Crippen LogP contribution >= 0.6 is 0 Å². The molecular weight excluding hydrogens is 238 g/mol. The summed E-state index contributed by atoms with van der Waals surface area (Å²) in [6, 6.07) is 13.7. The molecule has 1 aromatic carbocycles. The van der Waals surface area contributed by atoms with E-state index in [1.54, 1.807) is 6.26 Å². The molecule has 2 aromatic rings. The summed E-state index contributed by atoms with van der Waals surface area (Å²) < 4.78 is 5.35. The lowest BCUT2D eigenvalue weighted by Gasteiger charge is -2.21. The molecule has 0 aliphatic carbocycles. The van der Waals surface area contributed by atoms with Crippen molar-refractivity contribution in [2.24, 2.45) is 0 Å². The van der Waals surface area contributed by atoms with Crippen LogP contribution in [0.25, 0.3) is 0 Å². The highest BCUT2D eigenvalue weighted by Crippen LogP contribution is 2.17. The van der Waals surface area contributed by atoms with Gasteiger partial charge in [0.05, 0.1) is 18.9 Å². The van der Waals surface area contributed by atoms with Crippen molar-refractivity contribution >= 4 is 0 Å².